The van der Waals surface area contributed by atoms with Crippen LogP contribution < -0.4 is 10.3 Å². The van der Waals surface area contributed by atoms with Crippen molar-refractivity contribution in [3.8, 4) is 0 Å². The normalized spacial score (nSPS) is 26.2. The molecule has 11 nitrogen and oxygen atoms in total. The Balaban J connectivity index is 1.59. The van der Waals surface area contributed by atoms with Crippen LogP contribution in [0.3, 0.4) is 0 Å². The molecule has 0 bridgehead atoms. The van der Waals surface area contributed by atoms with E-state index in [9.17, 15) is 14.4 Å². The number of methoxy groups -OCH3 is 1. The highest BCUT2D eigenvalue weighted by Crippen LogP contribution is 2.45. The number of hydrogen-bond acceptors (Lipinski definition) is 8. The van der Waals surface area contributed by atoms with E-state index in [1.165, 1.54) is 10.1 Å². The largest absolute Gasteiger partial charge is 0.467 e. The highest BCUT2D eigenvalue weighted by Gasteiger charge is 2.49. The Kier molecular flexibility index (Phi) is 5.56. The molecule has 2 fully saturated rings. The number of halogens is 1. The Morgan fingerprint density at radius 3 is 2.44 bits per heavy atom. The lowest BCUT2D eigenvalue weighted by Gasteiger charge is -2.54. The van der Waals surface area contributed by atoms with Gasteiger partial charge in [-0.1, -0.05) is 6.92 Å². The predicted molar refractivity (Wildman–Crippen MR) is 132 cm³/mol. The average Bonchev–Trinajstić information content (AvgIpc) is 3.27. The van der Waals surface area contributed by atoms with Gasteiger partial charge in [0.05, 0.1) is 18.8 Å². The zero-order chi connectivity index (χ0) is 24.5. The fraction of sp³-hybridized carbons (Fsp3) is 0.682. The maximum Gasteiger partial charge on any atom is 0.410 e. The summed E-state index contributed by atoms with van der Waals surface area (Å²) < 4.78 is 13.9. The van der Waals surface area contributed by atoms with E-state index in [2.05, 4.69) is 15.1 Å². The topological polar surface area (TPSA) is 112 Å². The van der Waals surface area contributed by atoms with Crippen molar-refractivity contribution in [2.24, 2.45) is 0 Å². The highest BCUT2D eigenvalue weighted by molar-refractivity contribution is 14.1. The molecular formula is C22H29IN6O5. The summed E-state index contributed by atoms with van der Waals surface area (Å²) >= 11 is 1.91. The zero-order valence-electron chi connectivity index (χ0n) is 19.9. The van der Waals surface area contributed by atoms with Gasteiger partial charge < -0.3 is 23.8 Å². The number of rotatable bonds is 2. The molecule has 4 heterocycles. The van der Waals surface area contributed by atoms with E-state index in [0.717, 1.165) is 18.5 Å². The summed E-state index contributed by atoms with van der Waals surface area (Å²) in [5.74, 6) is -0.404. The van der Waals surface area contributed by atoms with Crippen LogP contribution in [0.25, 0.3) is 11.2 Å². The quantitative estimate of drug-likeness (QED) is 0.392. The van der Waals surface area contributed by atoms with E-state index in [4.69, 9.17) is 9.47 Å². The first-order chi connectivity index (χ1) is 16.0. The number of carbonyl (C=O) groups excluding carboxylic acids is 2. The van der Waals surface area contributed by atoms with Crippen LogP contribution in [-0.4, -0.2) is 72.6 Å². The molecule has 0 aromatic carbocycles. The molecule has 1 saturated carbocycles. The monoisotopic (exact) mass is 584 g/mol. The van der Waals surface area contributed by atoms with E-state index in [-0.39, 0.29) is 41.0 Å². The van der Waals surface area contributed by atoms with Gasteiger partial charge >= 0.3 is 12.1 Å². The average molecular weight is 584 g/mol. The molecule has 2 aromatic heterocycles. The number of aromatic nitrogens is 4. The molecule has 2 aromatic rings. The Labute approximate surface area is 210 Å². The third-order valence-electron chi connectivity index (χ3n) is 7.06. The summed E-state index contributed by atoms with van der Waals surface area (Å²) in [5, 5.41) is 8.74. The number of anilines is 1. The number of carbonyl (C=O) groups is 2. The molecule has 12 heteroatoms. The van der Waals surface area contributed by atoms with Crippen LogP contribution in [0.15, 0.2) is 4.79 Å². The lowest BCUT2D eigenvalue weighted by Crippen LogP contribution is -2.67. The van der Waals surface area contributed by atoms with Crippen molar-refractivity contribution in [3.05, 3.63) is 15.9 Å². The number of piperazine rings is 1. The Morgan fingerprint density at radius 2 is 1.82 bits per heavy atom. The van der Waals surface area contributed by atoms with Crippen LogP contribution in [0.5, 0.6) is 0 Å². The Hall–Kier alpha value is -2.38. The Bertz CT molecular complexity index is 1230. The molecule has 4 atom stereocenters. The molecule has 1 amide bonds. The van der Waals surface area contributed by atoms with Crippen molar-refractivity contribution in [1.29, 1.82) is 0 Å². The van der Waals surface area contributed by atoms with E-state index in [0.29, 0.717) is 30.8 Å². The van der Waals surface area contributed by atoms with Gasteiger partial charge in [0.1, 0.15) is 40.2 Å². The summed E-state index contributed by atoms with van der Waals surface area (Å²) in [6.45, 7) is 8.56. The minimum atomic E-state index is -0.568. The molecule has 184 valence electrons. The Morgan fingerprint density at radius 1 is 1.12 bits per heavy atom. The van der Waals surface area contributed by atoms with E-state index >= 15 is 0 Å². The molecule has 1 saturated heterocycles. The van der Waals surface area contributed by atoms with Crippen molar-refractivity contribution in [2.45, 2.75) is 76.6 Å². The number of nitrogens with zero attached hydrogens (tertiary/aromatic N) is 6. The van der Waals surface area contributed by atoms with Gasteiger partial charge in [0.2, 0.25) is 5.43 Å². The number of esters is 1. The number of fused-ring (bicyclic) bond motifs is 4. The van der Waals surface area contributed by atoms with Crippen LogP contribution in [-0.2, 0) is 14.3 Å². The van der Waals surface area contributed by atoms with Crippen molar-refractivity contribution >= 4 is 51.8 Å². The van der Waals surface area contributed by atoms with Crippen LogP contribution in [0.2, 0.25) is 0 Å². The molecule has 5 rings (SSSR count). The first-order valence-corrected chi connectivity index (χ1v) is 12.5. The van der Waals surface area contributed by atoms with Crippen molar-refractivity contribution < 1.29 is 19.1 Å². The van der Waals surface area contributed by atoms with Gasteiger partial charge in [0.15, 0.2) is 11.2 Å². The van der Waals surface area contributed by atoms with Gasteiger partial charge in [-0.25, -0.2) is 9.59 Å². The van der Waals surface area contributed by atoms with Crippen LogP contribution in [0.1, 0.15) is 64.6 Å². The third-order valence-corrected chi connectivity index (χ3v) is 7.49. The summed E-state index contributed by atoms with van der Waals surface area (Å²) in [4.78, 5) is 43.2. The third kappa shape index (κ3) is 3.55. The second kappa shape index (κ2) is 8.09. The van der Waals surface area contributed by atoms with E-state index in [1.54, 1.807) is 4.90 Å². The minimum Gasteiger partial charge on any atom is -0.467 e. The molecule has 3 aliphatic rings. The maximum absolute atomic E-state index is 13.8. The van der Waals surface area contributed by atoms with Gasteiger partial charge in [0, 0.05) is 25.0 Å². The SMILES string of the molecule is COC(=O)C1CC(C)c2c(N3CCN(C(=O)OC(C)(C)C)[C@H]4CC[C@@H]43)c(=O)c3nn(I)nc3n21. The maximum atomic E-state index is 13.8. The fourth-order valence-corrected chi connectivity index (χ4v) is 5.98. The minimum absolute atomic E-state index is 0.00939. The molecule has 2 unspecified atom stereocenters. The number of ether oxygens (including phenoxy) is 2. The molecule has 0 spiro atoms. The first kappa shape index (κ1) is 23.4. The van der Waals surface area contributed by atoms with Crippen molar-refractivity contribution in [2.75, 3.05) is 25.1 Å². The number of pyridine rings is 1. The molecule has 34 heavy (non-hydrogen) atoms. The van der Waals surface area contributed by atoms with Crippen LogP contribution >= 0.6 is 22.9 Å². The molecule has 0 radical (unpaired) electrons. The zero-order valence-corrected chi connectivity index (χ0v) is 22.1. The second-order valence-corrected chi connectivity index (χ2v) is 11.2. The summed E-state index contributed by atoms with van der Waals surface area (Å²) in [6, 6.07) is -0.576. The summed E-state index contributed by atoms with van der Waals surface area (Å²) in [6.07, 6.45) is 1.94. The molecule has 2 aliphatic heterocycles. The molecular weight excluding hydrogens is 555 g/mol. The molecule has 0 N–H and O–H groups in total. The predicted octanol–water partition coefficient (Wildman–Crippen LogP) is 2.60. The van der Waals surface area contributed by atoms with Gasteiger partial charge in [-0.2, -0.15) is 0 Å². The second-order valence-electron chi connectivity index (χ2n) is 10.3. The van der Waals surface area contributed by atoms with E-state index in [1.807, 2.05) is 55.1 Å². The first-order valence-electron chi connectivity index (χ1n) is 11.6. The lowest BCUT2D eigenvalue weighted by atomic mass is 9.81. The van der Waals surface area contributed by atoms with Crippen molar-refractivity contribution in [3.63, 3.8) is 0 Å². The number of hydrogen-bond donors (Lipinski definition) is 0. The summed E-state index contributed by atoms with van der Waals surface area (Å²) in [7, 11) is 1.37. The summed E-state index contributed by atoms with van der Waals surface area (Å²) in [5.41, 5.74) is 1.25. The van der Waals surface area contributed by atoms with E-state index < -0.39 is 11.6 Å². The van der Waals surface area contributed by atoms with Gasteiger partial charge in [-0.15, -0.1) is 13.2 Å². The van der Waals surface area contributed by atoms with Crippen molar-refractivity contribution in [1.82, 2.24) is 22.7 Å². The molecule has 1 aliphatic carbocycles. The van der Waals surface area contributed by atoms with Gasteiger partial charge in [-0.05, 0) is 40.0 Å². The number of amides is 1. The van der Waals surface area contributed by atoms with Gasteiger partial charge in [0.25, 0.3) is 0 Å². The standard InChI is InChI=1S/C22H29IN6O5/c1-11-10-14(20(31)33-5)28-16(11)17(18(30)15-19(28)25-29(23)24-15)26-8-9-27(13-7-6-12(13)26)21(32)34-22(2,3)4/h11-14H,6-10H2,1-5H3/t11?,12-,13-,14?/m0/s1. The van der Waals surface area contributed by atoms with Gasteiger partial charge in [-0.3, -0.25) is 4.79 Å². The van der Waals surface area contributed by atoms with Crippen LogP contribution in [0, 0.1) is 0 Å². The lowest BCUT2D eigenvalue weighted by molar-refractivity contribution is -0.144. The highest BCUT2D eigenvalue weighted by atomic mass is 127. The fourth-order valence-electron chi connectivity index (χ4n) is 5.56. The van der Waals surface area contributed by atoms with Crippen LogP contribution in [0.4, 0.5) is 10.5 Å². The smallest absolute Gasteiger partial charge is 0.410 e.